The van der Waals surface area contributed by atoms with Crippen LogP contribution in [0.25, 0.3) is 0 Å². The zero-order valence-electron chi connectivity index (χ0n) is 7.17. The minimum absolute atomic E-state index is 0.547. The predicted octanol–water partition coefficient (Wildman–Crippen LogP) is 2.56. The van der Waals surface area contributed by atoms with E-state index >= 15 is 0 Å². The molecule has 0 saturated heterocycles. The first-order valence-corrected chi connectivity index (χ1v) is 5.54. The molecule has 0 spiro atoms. The summed E-state index contributed by atoms with van der Waals surface area (Å²) in [7, 11) is 0. The van der Waals surface area contributed by atoms with Crippen molar-refractivity contribution < 1.29 is 0 Å². The van der Waals surface area contributed by atoms with Gasteiger partial charge in [-0.1, -0.05) is 18.5 Å². The Kier molecular flexibility index (Phi) is 3.82. The van der Waals surface area contributed by atoms with E-state index in [4.69, 9.17) is 11.6 Å². The number of hydrogen-bond donors (Lipinski definition) is 0. The van der Waals surface area contributed by atoms with Crippen LogP contribution in [0.1, 0.15) is 18.4 Å². The van der Waals surface area contributed by atoms with E-state index in [2.05, 4.69) is 16.9 Å². The molecule has 0 bridgehead atoms. The summed E-state index contributed by atoms with van der Waals surface area (Å²) in [6.07, 6.45) is 2.93. The lowest BCUT2D eigenvalue weighted by Crippen LogP contribution is -1.97. The molecule has 12 heavy (non-hydrogen) atoms. The van der Waals surface area contributed by atoms with Crippen molar-refractivity contribution in [1.29, 1.82) is 0 Å². The molecule has 0 unspecified atom stereocenters. The minimum atomic E-state index is 0.547. The van der Waals surface area contributed by atoms with E-state index in [9.17, 15) is 0 Å². The van der Waals surface area contributed by atoms with Crippen LogP contribution in [0.15, 0.2) is 6.07 Å². The maximum atomic E-state index is 5.80. The molecule has 0 N–H and O–H groups in total. The average Bonchev–Trinajstić information content (AvgIpc) is 2.04. The Morgan fingerprint density at radius 3 is 2.83 bits per heavy atom. The summed E-state index contributed by atoms with van der Waals surface area (Å²) in [5.74, 6) is 1.65. The molecule has 0 aliphatic carbocycles. The highest BCUT2D eigenvalue weighted by Crippen LogP contribution is 2.11. The van der Waals surface area contributed by atoms with Gasteiger partial charge in [0.25, 0.3) is 0 Å². The molecule has 1 heterocycles. The van der Waals surface area contributed by atoms with Gasteiger partial charge in [-0.25, -0.2) is 9.97 Å². The monoisotopic (exact) mass is 202 g/mol. The SMILES string of the molecule is CCc1cc(Cl)nc(CSC)n1. The van der Waals surface area contributed by atoms with E-state index in [0.29, 0.717) is 5.15 Å². The Bertz CT molecular complexity index is 265. The summed E-state index contributed by atoms with van der Waals surface area (Å²) < 4.78 is 0. The fourth-order valence-corrected chi connectivity index (χ4v) is 1.50. The van der Waals surface area contributed by atoms with Gasteiger partial charge in [-0.15, -0.1) is 0 Å². The summed E-state index contributed by atoms with van der Waals surface area (Å²) in [5.41, 5.74) is 1.01. The Labute approximate surface area is 81.8 Å². The molecule has 0 saturated carbocycles. The van der Waals surface area contributed by atoms with Crippen molar-refractivity contribution in [2.75, 3.05) is 6.26 Å². The maximum absolute atomic E-state index is 5.80. The number of hydrogen-bond acceptors (Lipinski definition) is 3. The Morgan fingerprint density at radius 2 is 2.25 bits per heavy atom. The predicted molar refractivity (Wildman–Crippen MR) is 53.6 cm³/mol. The third-order valence-corrected chi connectivity index (χ3v) is 2.17. The second-order valence-corrected chi connectivity index (χ2v) is 3.64. The van der Waals surface area contributed by atoms with Crippen molar-refractivity contribution in [2.24, 2.45) is 0 Å². The topological polar surface area (TPSA) is 25.8 Å². The lowest BCUT2D eigenvalue weighted by atomic mass is 10.3. The number of aryl methyl sites for hydroxylation is 1. The summed E-state index contributed by atoms with van der Waals surface area (Å²) >= 11 is 7.50. The van der Waals surface area contributed by atoms with E-state index < -0.39 is 0 Å². The highest BCUT2D eigenvalue weighted by Gasteiger charge is 2.00. The van der Waals surface area contributed by atoms with Gasteiger partial charge in [-0.2, -0.15) is 11.8 Å². The zero-order chi connectivity index (χ0) is 8.97. The van der Waals surface area contributed by atoms with Crippen LogP contribution in [0.4, 0.5) is 0 Å². The molecule has 1 aromatic heterocycles. The Balaban J connectivity index is 2.90. The van der Waals surface area contributed by atoms with Gasteiger partial charge in [0.2, 0.25) is 0 Å². The molecule has 0 aliphatic heterocycles. The van der Waals surface area contributed by atoms with Crippen molar-refractivity contribution in [3.8, 4) is 0 Å². The second-order valence-electron chi connectivity index (χ2n) is 2.38. The van der Waals surface area contributed by atoms with Crippen LogP contribution in [0.3, 0.4) is 0 Å². The van der Waals surface area contributed by atoms with Gasteiger partial charge in [0, 0.05) is 5.69 Å². The first-order chi connectivity index (χ1) is 5.76. The van der Waals surface area contributed by atoms with E-state index in [0.717, 1.165) is 23.7 Å². The normalized spacial score (nSPS) is 10.2. The lowest BCUT2D eigenvalue weighted by Gasteiger charge is -2.00. The van der Waals surface area contributed by atoms with Crippen molar-refractivity contribution in [3.05, 3.63) is 22.7 Å². The molecule has 4 heteroatoms. The Morgan fingerprint density at radius 1 is 1.50 bits per heavy atom. The van der Waals surface area contributed by atoms with Gasteiger partial charge in [0.15, 0.2) is 0 Å². The zero-order valence-corrected chi connectivity index (χ0v) is 8.74. The molecule has 0 aliphatic rings. The highest BCUT2D eigenvalue weighted by atomic mass is 35.5. The molecule has 66 valence electrons. The fraction of sp³-hybridized carbons (Fsp3) is 0.500. The third kappa shape index (κ3) is 2.64. The van der Waals surface area contributed by atoms with Gasteiger partial charge in [-0.05, 0) is 18.7 Å². The van der Waals surface area contributed by atoms with Crippen LogP contribution in [0.5, 0.6) is 0 Å². The fourth-order valence-electron chi connectivity index (χ4n) is 0.891. The molecule has 0 atom stereocenters. The van der Waals surface area contributed by atoms with Gasteiger partial charge in [-0.3, -0.25) is 0 Å². The molecule has 0 fully saturated rings. The molecular formula is C8H11ClN2S. The average molecular weight is 203 g/mol. The largest absolute Gasteiger partial charge is 0.237 e. The van der Waals surface area contributed by atoms with Crippen molar-refractivity contribution in [1.82, 2.24) is 9.97 Å². The van der Waals surface area contributed by atoms with Crippen LogP contribution >= 0.6 is 23.4 Å². The van der Waals surface area contributed by atoms with E-state index in [1.54, 1.807) is 11.8 Å². The van der Waals surface area contributed by atoms with E-state index in [1.807, 2.05) is 12.3 Å². The number of rotatable bonds is 3. The number of halogens is 1. The van der Waals surface area contributed by atoms with E-state index in [-0.39, 0.29) is 0 Å². The van der Waals surface area contributed by atoms with Gasteiger partial charge < -0.3 is 0 Å². The van der Waals surface area contributed by atoms with Crippen LogP contribution in [-0.2, 0) is 12.2 Å². The standard InChI is InChI=1S/C8H11ClN2S/c1-3-6-4-7(9)11-8(10-6)5-12-2/h4H,3,5H2,1-2H3. The van der Waals surface area contributed by atoms with Crippen LogP contribution in [0, 0.1) is 0 Å². The van der Waals surface area contributed by atoms with Crippen LogP contribution in [0.2, 0.25) is 5.15 Å². The first kappa shape index (κ1) is 9.81. The minimum Gasteiger partial charge on any atom is -0.237 e. The molecule has 1 rings (SSSR count). The molecule has 0 aromatic carbocycles. The lowest BCUT2D eigenvalue weighted by molar-refractivity contribution is 0.941. The van der Waals surface area contributed by atoms with Gasteiger partial charge in [0.05, 0.1) is 5.75 Å². The maximum Gasteiger partial charge on any atom is 0.140 e. The molecule has 2 nitrogen and oxygen atoms in total. The number of nitrogens with zero attached hydrogens (tertiary/aromatic N) is 2. The summed E-state index contributed by atoms with van der Waals surface area (Å²) in [5, 5.41) is 0.547. The highest BCUT2D eigenvalue weighted by molar-refractivity contribution is 7.97. The van der Waals surface area contributed by atoms with Crippen molar-refractivity contribution >= 4 is 23.4 Å². The molecule has 0 radical (unpaired) electrons. The third-order valence-electron chi connectivity index (χ3n) is 1.43. The smallest absolute Gasteiger partial charge is 0.140 e. The number of aromatic nitrogens is 2. The molecular weight excluding hydrogens is 192 g/mol. The van der Waals surface area contributed by atoms with Crippen molar-refractivity contribution in [2.45, 2.75) is 19.1 Å². The van der Waals surface area contributed by atoms with Crippen LogP contribution in [-0.4, -0.2) is 16.2 Å². The van der Waals surface area contributed by atoms with Crippen LogP contribution < -0.4 is 0 Å². The van der Waals surface area contributed by atoms with Gasteiger partial charge in [0.1, 0.15) is 11.0 Å². The molecule has 1 aromatic rings. The molecule has 0 amide bonds. The van der Waals surface area contributed by atoms with Crippen molar-refractivity contribution in [3.63, 3.8) is 0 Å². The Hall–Kier alpha value is -0.280. The summed E-state index contributed by atoms with van der Waals surface area (Å²) in [6, 6.07) is 1.81. The number of thioether (sulfide) groups is 1. The summed E-state index contributed by atoms with van der Waals surface area (Å²) in [4.78, 5) is 8.43. The summed E-state index contributed by atoms with van der Waals surface area (Å²) in [6.45, 7) is 2.06. The quantitative estimate of drug-likeness (QED) is 0.705. The van der Waals surface area contributed by atoms with E-state index in [1.165, 1.54) is 0 Å². The second kappa shape index (κ2) is 4.67. The first-order valence-electron chi connectivity index (χ1n) is 3.77. The van der Waals surface area contributed by atoms with Gasteiger partial charge >= 0.3 is 0 Å².